The van der Waals surface area contributed by atoms with E-state index in [9.17, 15) is 18.0 Å². The van der Waals surface area contributed by atoms with E-state index in [1.54, 1.807) is 31.3 Å². The summed E-state index contributed by atoms with van der Waals surface area (Å²) in [6.45, 7) is 3.83. The molecule has 1 heterocycles. The van der Waals surface area contributed by atoms with Gasteiger partial charge >= 0.3 is 6.18 Å². The number of methoxy groups -OCH3 is 2. The Hall–Kier alpha value is -2.00. The Bertz CT molecular complexity index is 634. The Morgan fingerprint density at radius 1 is 1.07 bits per heavy atom. The van der Waals surface area contributed by atoms with Crippen LogP contribution in [0.4, 0.5) is 13.2 Å². The fourth-order valence-corrected chi connectivity index (χ4v) is 3.14. The number of alkyl halides is 3. The lowest BCUT2D eigenvalue weighted by Gasteiger charge is -2.35. The number of carbonyl (C=O) groups is 1. The summed E-state index contributed by atoms with van der Waals surface area (Å²) in [5.74, 6) is 1.10. The highest BCUT2D eigenvalue weighted by molar-refractivity contribution is 5.95. The van der Waals surface area contributed by atoms with Gasteiger partial charge in [-0.2, -0.15) is 13.2 Å². The van der Waals surface area contributed by atoms with Gasteiger partial charge in [0.2, 0.25) is 0 Å². The molecular formula is C19H27F3N2O4. The van der Waals surface area contributed by atoms with Crippen molar-refractivity contribution in [1.82, 2.24) is 9.80 Å². The molecule has 1 aliphatic rings. The number of ether oxygens (including phenoxy) is 3. The lowest BCUT2D eigenvalue weighted by Crippen LogP contribution is -2.49. The van der Waals surface area contributed by atoms with E-state index in [2.05, 4.69) is 9.64 Å². The molecule has 1 aromatic carbocycles. The summed E-state index contributed by atoms with van der Waals surface area (Å²) in [4.78, 5) is 16.7. The van der Waals surface area contributed by atoms with Gasteiger partial charge in [0, 0.05) is 50.5 Å². The molecule has 1 saturated heterocycles. The molecular weight excluding hydrogens is 377 g/mol. The number of halogens is 3. The molecule has 1 fully saturated rings. The maximum atomic E-state index is 12.8. The van der Waals surface area contributed by atoms with Crippen molar-refractivity contribution in [3.05, 3.63) is 23.3 Å². The summed E-state index contributed by atoms with van der Waals surface area (Å²) < 4.78 is 51.3. The minimum Gasteiger partial charge on any atom is -0.496 e. The van der Waals surface area contributed by atoms with Crippen molar-refractivity contribution in [2.45, 2.75) is 19.5 Å². The molecule has 28 heavy (non-hydrogen) atoms. The molecule has 1 aliphatic heterocycles. The molecule has 0 unspecified atom stereocenters. The lowest BCUT2D eigenvalue weighted by atomic mass is 10.1. The van der Waals surface area contributed by atoms with Gasteiger partial charge < -0.3 is 19.1 Å². The molecule has 0 aliphatic carbocycles. The van der Waals surface area contributed by atoms with Crippen LogP contribution in [0.3, 0.4) is 0 Å². The third-order valence-electron chi connectivity index (χ3n) is 4.69. The summed E-state index contributed by atoms with van der Waals surface area (Å²) in [5.41, 5.74) is 1.34. The van der Waals surface area contributed by atoms with Crippen LogP contribution in [0.25, 0.3) is 0 Å². The fourth-order valence-electron chi connectivity index (χ4n) is 3.14. The Kier molecular flexibility index (Phi) is 7.94. The highest BCUT2D eigenvalue weighted by atomic mass is 19.4. The highest BCUT2D eigenvalue weighted by Gasteiger charge is 2.27. The molecule has 2 rings (SSSR count). The van der Waals surface area contributed by atoms with Crippen molar-refractivity contribution in [3.8, 4) is 11.5 Å². The number of nitrogens with zero attached hydrogens (tertiary/aromatic N) is 2. The number of hydrogen-bond acceptors (Lipinski definition) is 5. The van der Waals surface area contributed by atoms with Gasteiger partial charge in [-0.3, -0.25) is 9.69 Å². The first-order chi connectivity index (χ1) is 13.2. The van der Waals surface area contributed by atoms with Crippen molar-refractivity contribution in [2.75, 3.05) is 60.2 Å². The third-order valence-corrected chi connectivity index (χ3v) is 4.69. The summed E-state index contributed by atoms with van der Waals surface area (Å²) >= 11 is 0. The molecule has 6 nitrogen and oxygen atoms in total. The topological polar surface area (TPSA) is 51.2 Å². The second kappa shape index (κ2) is 9.97. The molecule has 0 bridgehead atoms. The first-order valence-corrected chi connectivity index (χ1v) is 9.14. The second-order valence-electron chi connectivity index (χ2n) is 6.66. The molecule has 158 valence electrons. The average Bonchev–Trinajstić information content (AvgIpc) is 2.67. The van der Waals surface area contributed by atoms with Gasteiger partial charge in [0.15, 0.2) is 0 Å². The number of amides is 1. The van der Waals surface area contributed by atoms with E-state index in [-0.39, 0.29) is 12.5 Å². The molecule has 0 atom stereocenters. The molecule has 9 heteroatoms. The van der Waals surface area contributed by atoms with E-state index in [0.29, 0.717) is 56.2 Å². The summed E-state index contributed by atoms with van der Waals surface area (Å²) in [6.07, 6.45) is -3.76. The van der Waals surface area contributed by atoms with Crippen molar-refractivity contribution < 1.29 is 32.2 Å². The van der Waals surface area contributed by atoms with E-state index in [4.69, 9.17) is 9.47 Å². The van der Waals surface area contributed by atoms with Gasteiger partial charge in [-0.05, 0) is 25.5 Å². The van der Waals surface area contributed by atoms with Crippen LogP contribution in [0, 0.1) is 6.92 Å². The van der Waals surface area contributed by atoms with Crippen molar-refractivity contribution in [3.63, 3.8) is 0 Å². The number of rotatable bonds is 8. The fraction of sp³-hybridized carbons (Fsp3) is 0.632. The number of piperazine rings is 1. The summed E-state index contributed by atoms with van der Waals surface area (Å²) in [5, 5.41) is 0. The summed E-state index contributed by atoms with van der Waals surface area (Å²) in [6, 6.07) is 3.43. The smallest absolute Gasteiger partial charge is 0.411 e. The molecule has 1 aromatic rings. The number of benzene rings is 1. The van der Waals surface area contributed by atoms with E-state index in [0.717, 1.165) is 5.56 Å². The lowest BCUT2D eigenvalue weighted by molar-refractivity contribution is -0.174. The molecule has 0 radical (unpaired) electrons. The maximum absolute atomic E-state index is 12.8. The number of carbonyl (C=O) groups excluding carboxylic acids is 1. The van der Waals surface area contributed by atoms with Crippen LogP contribution in [0.1, 0.15) is 22.3 Å². The number of hydrogen-bond donors (Lipinski definition) is 0. The van der Waals surface area contributed by atoms with Gasteiger partial charge in [-0.25, -0.2) is 0 Å². The largest absolute Gasteiger partial charge is 0.496 e. The first kappa shape index (κ1) is 22.3. The van der Waals surface area contributed by atoms with E-state index in [1.807, 2.05) is 6.92 Å². The normalized spacial score (nSPS) is 15.6. The van der Waals surface area contributed by atoms with Crippen molar-refractivity contribution in [2.24, 2.45) is 0 Å². The van der Waals surface area contributed by atoms with Crippen LogP contribution >= 0.6 is 0 Å². The Labute approximate surface area is 163 Å². The van der Waals surface area contributed by atoms with Crippen LogP contribution < -0.4 is 9.47 Å². The Balaban J connectivity index is 1.82. The second-order valence-corrected chi connectivity index (χ2v) is 6.66. The molecule has 0 saturated carbocycles. The van der Waals surface area contributed by atoms with Gasteiger partial charge in [0.1, 0.15) is 18.1 Å². The predicted octanol–water partition coefficient (Wildman–Crippen LogP) is 2.74. The van der Waals surface area contributed by atoms with Crippen LogP contribution in [0.15, 0.2) is 12.1 Å². The zero-order valence-corrected chi connectivity index (χ0v) is 16.5. The monoisotopic (exact) mass is 404 g/mol. The predicted molar refractivity (Wildman–Crippen MR) is 98.1 cm³/mol. The van der Waals surface area contributed by atoms with E-state index < -0.39 is 12.8 Å². The highest BCUT2D eigenvalue weighted by Crippen LogP contribution is 2.30. The van der Waals surface area contributed by atoms with Gasteiger partial charge in [-0.15, -0.1) is 0 Å². The zero-order valence-electron chi connectivity index (χ0n) is 16.5. The van der Waals surface area contributed by atoms with E-state index >= 15 is 0 Å². The van der Waals surface area contributed by atoms with Gasteiger partial charge in [0.05, 0.1) is 14.2 Å². The van der Waals surface area contributed by atoms with E-state index in [1.165, 1.54) is 0 Å². The molecule has 0 N–H and O–H groups in total. The zero-order chi connectivity index (χ0) is 20.7. The van der Waals surface area contributed by atoms with Crippen LogP contribution in [-0.2, 0) is 4.74 Å². The standard InChI is InChI=1S/C19H27F3N2O4/c1-14-16(26-2)11-15(12-17(14)27-3)18(25)24-8-6-23(7-9-24)5-4-10-28-13-19(20,21)22/h11-12H,4-10,13H2,1-3H3. The third kappa shape index (κ3) is 6.27. The van der Waals surface area contributed by atoms with Gasteiger partial charge in [-0.1, -0.05) is 0 Å². The molecule has 1 amide bonds. The Morgan fingerprint density at radius 3 is 2.14 bits per heavy atom. The quantitative estimate of drug-likeness (QED) is 0.624. The maximum Gasteiger partial charge on any atom is 0.411 e. The minimum absolute atomic E-state index is 0.0710. The van der Waals surface area contributed by atoms with Crippen LogP contribution in [-0.4, -0.2) is 82.0 Å². The SMILES string of the molecule is COc1cc(C(=O)N2CCN(CCCOCC(F)(F)F)CC2)cc(OC)c1C. The van der Waals surface area contributed by atoms with Crippen LogP contribution in [0.5, 0.6) is 11.5 Å². The minimum atomic E-state index is -4.28. The summed E-state index contributed by atoms with van der Waals surface area (Å²) in [7, 11) is 3.10. The molecule has 0 aromatic heterocycles. The molecule has 0 spiro atoms. The first-order valence-electron chi connectivity index (χ1n) is 9.14. The van der Waals surface area contributed by atoms with Crippen LogP contribution in [0.2, 0.25) is 0 Å². The van der Waals surface area contributed by atoms with Gasteiger partial charge in [0.25, 0.3) is 5.91 Å². The van der Waals surface area contributed by atoms with Crippen molar-refractivity contribution >= 4 is 5.91 Å². The average molecular weight is 404 g/mol. The Morgan fingerprint density at radius 2 is 1.64 bits per heavy atom. The van der Waals surface area contributed by atoms with Crippen molar-refractivity contribution in [1.29, 1.82) is 0 Å².